The summed E-state index contributed by atoms with van der Waals surface area (Å²) >= 11 is 0. The Morgan fingerprint density at radius 1 is 1.24 bits per heavy atom. The fourth-order valence-electron chi connectivity index (χ4n) is 2.62. The Hall–Kier alpha value is -1.69. The Balaban J connectivity index is 2.24. The molecule has 6 nitrogen and oxygen atoms in total. The van der Waals surface area contributed by atoms with Gasteiger partial charge in [0.15, 0.2) is 11.2 Å². The number of aliphatic hydroxyl groups is 1. The SMILES string of the molecule is CCCCCCC(C(C)O)n1cnc2c(OC)ncnc21. The molecule has 0 aromatic carbocycles. The van der Waals surface area contributed by atoms with Gasteiger partial charge in [0, 0.05) is 0 Å². The number of rotatable bonds is 8. The minimum Gasteiger partial charge on any atom is -0.479 e. The summed E-state index contributed by atoms with van der Waals surface area (Å²) in [5.74, 6) is 0.467. The summed E-state index contributed by atoms with van der Waals surface area (Å²) in [7, 11) is 1.57. The first-order valence-corrected chi connectivity index (χ1v) is 7.58. The number of fused-ring (bicyclic) bond motifs is 1. The molecule has 2 unspecified atom stereocenters. The van der Waals surface area contributed by atoms with Crippen LogP contribution in [0.15, 0.2) is 12.7 Å². The molecule has 2 rings (SSSR count). The number of nitrogens with zero attached hydrogens (tertiary/aromatic N) is 4. The third-order valence-electron chi connectivity index (χ3n) is 3.79. The smallest absolute Gasteiger partial charge is 0.245 e. The van der Waals surface area contributed by atoms with Gasteiger partial charge in [-0.05, 0) is 13.3 Å². The molecule has 0 bridgehead atoms. The zero-order valence-corrected chi connectivity index (χ0v) is 13.0. The molecule has 0 saturated carbocycles. The van der Waals surface area contributed by atoms with Crippen LogP contribution >= 0.6 is 0 Å². The molecule has 0 radical (unpaired) electrons. The molecule has 0 fully saturated rings. The Morgan fingerprint density at radius 3 is 2.71 bits per heavy atom. The molecular formula is C15H24N4O2. The number of aliphatic hydroxyl groups excluding tert-OH is 1. The van der Waals surface area contributed by atoms with Crippen molar-refractivity contribution >= 4 is 11.2 Å². The van der Waals surface area contributed by atoms with Gasteiger partial charge in [-0.2, -0.15) is 4.98 Å². The predicted octanol–water partition coefficient (Wildman–Crippen LogP) is 2.73. The summed E-state index contributed by atoms with van der Waals surface area (Å²) in [6, 6.07) is -0.0218. The van der Waals surface area contributed by atoms with E-state index < -0.39 is 6.10 Å². The molecule has 2 heterocycles. The van der Waals surface area contributed by atoms with Crippen LogP contribution in [-0.2, 0) is 0 Å². The third kappa shape index (κ3) is 3.50. The van der Waals surface area contributed by atoms with Crippen LogP contribution in [0.25, 0.3) is 11.2 Å². The van der Waals surface area contributed by atoms with Crippen molar-refractivity contribution in [1.82, 2.24) is 19.5 Å². The van der Waals surface area contributed by atoms with Crippen LogP contribution in [0.3, 0.4) is 0 Å². The first-order valence-electron chi connectivity index (χ1n) is 7.58. The van der Waals surface area contributed by atoms with E-state index in [4.69, 9.17) is 4.74 Å². The zero-order chi connectivity index (χ0) is 15.2. The quantitative estimate of drug-likeness (QED) is 0.757. The van der Waals surface area contributed by atoms with E-state index in [0.29, 0.717) is 17.0 Å². The van der Waals surface area contributed by atoms with Gasteiger partial charge in [0.25, 0.3) is 0 Å². The van der Waals surface area contributed by atoms with Crippen LogP contribution in [0.2, 0.25) is 0 Å². The lowest BCUT2D eigenvalue weighted by molar-refractivity contribution is 0.124. The fraction of sp³-hybridized carbons (Fsp3) is 0.667. The number of hydrogen-bond donors (Lipinski definition) is 1. The molecule has 1 N–H and O–H groups in total. The van der Waals surface area contributed by atoms with Crippen molar-refractivity contribution in [2.75, 3.05) is 7.11 Å². The average Bonchev–Trinajstić information content (AvgIpc) is 2.90. The van der Waals surface area contributed by atoms with E-state index in [0.717, 1.165) is 12.8 Å². The molecule has 0 aliphatic carbocycles. The summed E-state index contributed by atoms with van der Waals surface area (Å²) in [4.78, 5) is 12.7. The fourth-order valence-corrected chi connectivity index (χ4v) is 2.62. The second kappa shape index (κ2) is 7.36. The van der Waals surface area contributed by atoms with Crippen LogP contribution < -0.4 is 4.74 Å². The van der Waals surface area contributed by atoms with Gasteiger partial charge < -0.3 is 14.4 Å². The predicted molar refractivity (Wildman–Crippen MR) is 81.4 cm³/mol. The van der Waals surface area contributed by atoms with Crippen molar-refractivity contribution in [2.45, 2.75) is 58.1 Å². The van der Waals surface area contributed by atoms with Crippen molar-refractivity contribution in [2.24, 2.45) is 0 Å². The first kappa shape index (κ1) is 15.7. The molecule has 21 heavy (non-hydrogen) atoms. The van der Waals surface area contributed by atoms with E-state index in [9.17, 15) is 5.11 Å². The van der Waals surface area contributed by atoms with Gasteiger partial charge in [0.2, 0.25) is 5.88 Å². The maximum absolute atomic E-state index is 10.1. The lowest BCUT2D eigenvalue weighted by Gasteiger charge is -2.21. The van der Waals surface area contributed by atoms with Crippen molar-refractivity contribution in [1.29, 1.82) is 0 Å². The van der Waals surface area contributed by atoms with Gasteiger partial charge in [0.05, 0.1) is 25.6 Å². The molecule has 0 aliphatic rings. The van der Waals surface area contributed by atoms with Gasteiger partial charge in [-0.25, -0.2) is 9.97 Å². The van der Waals surface area contributed by atoms with Gasteiger partial charge in [0.1, 0.15) is 6.33 Å². The number of ether oxygens (including phenoxy) is 1. The normalized spacial score (nSPS) is 14.3. The highest BCUT2D eigenvalue weighted by molar-refractivity contribution is 5.76. The van der Waals surface area contributed by atoms with Crippen LogP contribution in [0.4, 0.5) is 0 Å². The van der Waals surface area contributed by atoms with Crippen LogP contribution in [0, 0.1) is 0 Å². The summed E-state index contributed by atoms with van der Waals surface area (Å²) in [5, 5.41) is 10.1. The molecule has 6 heteroatoms. The van der Waals surface area contributed by atoms with E-state index in [1.165, 1.54) is 25.6 Å². The molecule has 0 amide bonds. The second-order valence-electron chi connectivity index (χ2n) is 5.36. The van der Waals surface area contributed by atoms with Crippen LogP contribution in [0.5, 0.6) is 5.88 Å². The maximum Gasteiger partial charge on any atom is 0.245 e. The summed E-state index contributed by atoms with van der Waals surface area (Å²) in [6.45, 7) is 4.01. The number of methoxy groups -OCH3 is 1. The topological polar surface area (TPSA) is 73.1 Å². The van der Waals surface area contributed by atoms with Crippen molar-refractivity contribution in [3.05, 3.63) is 12.7 Å². The van der Waals surface area contributed by atoms with Crippen molar-refractivity contribution < 1.29 is 9.84 Å². The highest BCUT2D eigenvalue weighted by atomic mass is 16.5. The number of unbranched alkanes of at least 4 members (excludes halogenated alkanes) is 3. The minimum atomic E-state index is -0.454. The van der Waals surface area contributed by atoms with Gasteiger partial charge in [-0.1, -0.05) is 32.6 Å². The lowest BCUT2D eigenvalue weighted by atomic mass is 10.0. The van der Waals surface area contributed by atoms with Crippen LogP contribution in [-0.4, -0.2) is 37.8 Å². The Labute approximate surface area is 125 Å². The Kier molecular flexibility index (Phi) is 5.50. The molecule has 0 spiro atoms. The van der Waals surface area contributed by atoms with Crippen LogP contribution in [0.1, 0.15) is 52.0 Å². The first-order chi connectivity index (χ1) is 10.2. The highest BCUT2D eigenvalue weighted by Gasteiger charge is 2.21. The van der Waals surface area contributed by atoms with Crippen molar-refractivity contribution in [3.63, 3.8) is 0 Å². The summed E-state index contributed by atoms with van der Waals surface area (Å²) in [6.07, 6.45) is 8.36. The maximum atomic E-state index is 10.1. The molecule has 2 aromatic heterocycles. The number of imidazole rings is 1. The van der Waals surface area contributed by atoms with E-state index in [-0.39, 0.29) is 6.04 Å². The van der Waals surface area contributed by atoms with E-state index in [1.54, 1.807) is 13.4 Å². The minimum absolute atomic E-state index is 0.0218. The average molecular weight is 292 g/mol. The molecule has 116 valence electrons. The largest absolute Gasteiger partial charge is 0.479 e. The summed E-state index contributed by atoms with van der Waals surface area (Å²) in [5.41, 5.74) is 1.35. The van der Waals surface area contributed by atoms with Gasteiger partial charge in [-0.3, -0.25) is 0 Å². The molecule has 2 atom stereocenters. The van der Waals surface area contributed by atoms with Gasteiger partial charge >= 0.3 is 0 Å². The van der Waals surface area contributed by atoms with E-state index in [2.05, 4.69) is 21.9 Å². The second-order valence-corrected chi connectivity index (χ2v) is 5.36. The zero-order valence-electron chi connectivity index (χ0n) is 13.0. The molecular weight excluding hydrogens is 268 g/mol. The third-order valence-corrected chi connectivity index (χ3v) is 3.79. The number of aromatic nitrogens is 4. The Bertz CT molecular complexity index is 568. The molecule has 0 aliphatic heterocycles. The highest BCUT2D eigenvalue weighted by Crippen LogP contribution is 2.26. The molecule has 2 aromatic rings. The monoisotopic (exact) mass is 292 g/mol. The molecule has 0 saturated heterocycles. The Morgan fingerprint density at radius 2 is 2.05 bits per heavy atom. The van der Waals surface area contributed by atoms with E-state index in [1.807, 2.05) is 11.5 Å². The number of hydrogen-bond acceptors (Lipinski definition) is 5. The van der Waals surface area contributed by atoms with Crippen molar-refractivity contribution in [3.8, 4) is 5.88 Å². The lowest BCUT2D eigenvalue weighted by Crippen LogP contribution is -2.21. The van der Waals surface area contributed by atoms with E-state index >= 15 is 0 Å². The van der Waals surface area contributed by atoms with Gasteiger partial charge in [-0.15, -0.1) is 0 Å². The summed E-state index contributed by atoms with van der Waals surface area (Å²) < 4.78 is 7.15. The standard InChI is InChI=1S/C15H24N4O2/c1-4-5-6-7-8-12(11(2)20)19-10-18-13-14(19)16-9-17-15(13)21-3/h9-12,20H,4-8H2,1-3H3.